The van der Waals surface area contributed by atoms with Gasteiger partial charge < -0.3 is 10.6 Å². The SMILES string of the molecule is CCc1ccc(N(C)CC2CCCCC2N)cc1. The van der Waals surface area contributed by atoms with E-state index in [1.54, 1.807) is 0 Å². The van der Waals surface area contributed by atoms with E-state index < -0.39 is 0 Å². The molecule has 0 aliphatic heterocycles. The van der Waals surface area contributed by atoms with Crippen LogP contribution in [0.2, 0.25) is 0 Å². The van der Waals surface area contributed by atoms with E-state index in [1.165, 1.54) is 36.9 Å². The molecule has 100 valence electrons. The van der Waals surface area contributed by atoms with Crippen molar-refractivity contribution in [3.8, 4) is 0 Å². The summed E-state index contributed by atoms with van der Waals surface area (Å²) in [6, 6.07) is 9.32. The molecule has 1 aliphatic carbocycles. The smallest absolute Gasteiger partial charge is 0.0363 e. The maximum absolute atomic E-state index is 6.22. The van der Waals surface area contributed by atoms with E-state index in [0.29, 0.717) is 12.0 Å². The van der Waals surface area contributed by atoms with Crippen molar-refractivity contribution in [2.45, 2.75) is 45.1 Å². The highest BCUT2D eigenvalue weighted by molar-refractivity contribution is 5.46. The highest BCUT2D eigenvalue weighted by Gasteiger charge is 2.22. The number of nitrogens with zero attached hydrogens (tertiary/aromatic N) is 1. The first kappa shape index (κ1) is 13.4. The summed E-state index contributed by atoms with van der Waals surface area (Å²) in [6.45, 7) is 3.28. The molecule has 2 atom stereocenters. The number of aryl methyl sites for hydroxylation is 1. The molecule has 0 aromatic heterocycles. The third-order valence-electron chi connectivity index (χ3n) is 4.26. The van der Waals surface area contributed by atoms with Crippen LogP contribution in [0, 0.1) is 5.92 Å². The van der Waals surface area contributed by atoms with Crippen LogP contribution in [0.3, 0.4) is 0 Å². The average molecular weight is 246 g/mol. The Morgan fingerprint density at radius 1 is 1.17 bits per heavy atom. The van der Waals surface area contributed by atoms with Crippen molar-refractivity contribution in [3.05, 3.63) is 29.8 Å². The van der Waals surface area contributed by atoms with Crippen molar-refractivity contribution in [1.82, 2.24) is 0 Å². The molecule has 1 aromatic carbocycles. The second kappa shape index (κ2) is 6.24. The second-order valence-electron chi connectivity index (χ2n) is 5.61. The van der Waals surface area contributed by atoms with Gasteiger partial charge in [0.1, 0.15) is 0 Å². The molecule has 1 saturated carbocycles. The molecule has 1 aliphatic rings. The zero-order valence-corrected chi connectivity index (χ0v) is 11.7. The highest BCUT2D eigenvalue weighted by atomic mass is 15.1. The van der Waals surface area contributed by atoms with E-state index in [0.717, 1.165) is 13.0 Å². The second-order valence-corrected chi connectivity index (χ2v) is 5.61. The quantitative estimate of drug-likeness (QED) is 0.884. The zero-order valence-electron chi connectivity index (χ0n) is 11.7. The van der Waals surface area contributed by atoms with Crippen molar-refractivity contribution in [2.75, 3.05) is 18.5 Å². The third-order valence-corrected chi connectivity index (χ3v) is 4.26. The molecule has 0 radical (unpaired) electrons. The predicted octanol–water partition coefficient (Wildman–Crippen LogP) is 3.20. The maximum Gasteiger partial charge on any atom is 0.0363 e. The van der Waals surface area contributed by atoms with Crippen LogP contribution in [0.5, 0.6) is 0 Å². The fourth-order valence-corrected chi connectivity index (χ4v) is 2.91. The number of nitrogens with two attached hydrogens (primary N) is 1. The number of hydrogen-bond donors (Lipinski definition) is 1. The Balaban J connectivity index is 1.95. The molecule has 2 nitrogen and oxygen atoms in total. The molecule has 0 saturated heterocycles. The van der Waals surface area contributed by atoms with Crippen molar-refractivity contribution in [2.24, 2.45) is 11.7 Å². The summed E-state index contributed by atoms with van der Waals surface area (Å²) in [6.07, 6.45) is 6.26. The largest absolute Gasteiger partial charge is 0.374 e. The van der Waals surface area contributed by atoms with Gasteiger partial charge in [-0.1, -0.05) is 31.9 Å². The van der Waals surface area contributed by atoms with E-state index in [-0.39, 0.29) is 0 Å². The lowest BCUT2D eigenvalue weighted by Gasteiger charge is -2.33. The van der Waals surface area contributed by atoms with Crippen molar-refractivity contribution < 1.29 is 0 Å². The Labute approximate surface area is 111 Å². The number of rotatable bonds is 4. The van der Waals surface area contributed by atoms with Crippen LogP contribution in [0.25, 0.3) is 0 Å². The standard InChI is InChI=1S/C16H26N2/c1-3-13-8-10-15(11-9-13)18(2)12-14-6-4-5-7-16(14)17/h8-11,14,16H,3-7,12,17H2,1-2H3. The first-order valence-electron chi connectivity index (χ1n) is 7.26. The van der Waals surface area contributed by atoms with Gasteiger partial charge in [-0.15, -0.1) is 0 Å². The molecular weight excluding hydrogens is 220 g/mol. The Morgan fingerprint density at radius 3 is 2.44 bits per heavy atom. The summed E-state index contributed by atoms with van der Waals surface area (Å²) in [7, 11) is 2.18. The summed E-state index contributed by atoms with van der Waals surface area (Å²) in [4.78, 5) is 2.36. The average Bonchev–Trinajstić information content (AvgIpc) is 2.41. The molecule has 0 heterocycles. The molecule has 2 N–H and O–H groups in total. The minimum Gasteiger partial charge on any atom is -0.374 e. The molecule has 18 heavy (non-hydrogen) atoms. The van der Waals surface area contributed by atoms with E-state index in [4.69, 9.17) is 5.73 Å². The van der Waals surface area contributed by atoms with Gasteiger partial charge in [-0.2, -0.15) is 0 Å². The van der Waals surface area contributed by atoms with E-state index in [1.807, 2.05) is 0 Å². The van der Waals surface area contributed by atoms with Crippen molar-refractivity contribution >= 4 is 5.69 Å². The summed E-state index contributed by atoms with van der Waals surface area (Å²) >= 11 is 0. The molecule has 0 spiro atoms. The maximum atomic E-state index is 6.22. The predicted molar refractivity (Wildman–Crippen MR) is 79.0 cm³/mol. The van der Waals surface area contributed by atoms with Crippen LogP contribution in [0.15, 0.2) is 24.3 Å². The molecule has 2 rings (SSSR count). The summed E-state index contributed by atoms with van der Waals surface area (Å²) in [5, 5.41) is 0. The lowest BCUT2D eigenvalue weighted by Crippen LogP contribution is -2.40. The molecule has 1 aromatic rings. The third kappa shape index (κ3) is 3.26. The van der Waals surface area contributed by atoms with Gasteiger partial charge in [0.25, 0.3) is 0 Å². The first-order chi connectivity index (χ1) is 8.70. The Hall–Kier alpha value is -1.02. The topological polar surface area (TPSA) is 29.3 Å². The van der Waals surface area contributed by atoms with Gasteiger partial charge in [0, 0.05) is 25.3 Å². The fraction of sp³-hybridized carbons (Fsp3) is 0.625. The Kier molecular flexibility index (Phi) is 4.65. The van der Waals surface area contributed by atoms with Crippen LogP contribution in [0.1, 0.15) is 38.2 Å². The van der Waals surface area contributed by atoms with E-state index >= 15 is 0 Å². The number of hydrogen-bond acceptors (Lipinski definition) is 2. The number of benzene rings is 1. The van der Waals surface area contributed by atoms with Crippen molar-refractivity contribution in [3.63, 3.8) is 0 Å². The lowest BCUT2D eigenvalue weighted by atomic mass is 9.85. The minimum atomic E-state index is 0.399. The van der Waals surface area contributed by atoms with Gasteiger partial charge in [-0.3, -0.25) is 0 Å². The zero-order chi connectivity index (χ0) is 13.0. The first-order valence-corrected chi connectivity index (χ1v) is 7.26. The van der Waals surface area contributed by atoms with Crippen LogP contribution in [0.4, 0.5) is 5.69 Å². The van der Waals surface area contributed by atoms with Gasteiger partial charge in [-0.05, 0) is 42.9 Å². The van der Waals surface area contributed by atoms with E-state index in [2.05, 4.69) is 43.1 Å². The minimum absolute atomic E-state index is 0.399. The van der Waals surface area contributed by atoms with Gasteiger partial charge >= 0.3 is 0 Å². The molecule has 0 amide bonds. The van der Waals surface area contributed by atoms with Crippen LogP contribution < -0.4 is 10.6 Å². The van der Waals surface area contributed by atoms with Crippen LogP contribution >= 0.6 is 0 Å². The van der Waals surface area contributed by atoms with Gasteiger partial charge in [-0.25, -0.2) is 0 Å². The highest BCUT2D eigenvalue weighted by Crippen LogP contribution is 2.25. The molecule has 1 fully saturated rings. The summed E-state index contributed by atoms with van der Waals surface area (Å²) < 4.78 is 0. The lowest BCUT2D eigenvalue weighted by molar-refractivity contribution is 0.312. The van der Waals surface area contributed by atoms with E-state index in [9.17, 15) is 0 Å². The van der Waals surface area contributed by atoms with Gasteiger partial charge in [0.05, 0.1) is 0 Å². The van der Waals surface area contributed by atoms with Gasteiger partial charge in [0.2, 0.25) is 0 Å². The molecular formula is C16H26N2. The summed E-state index contributed by atoms with van der Waals surface area (Å²) in [5.74, 6) is 0.662. The van der Waals surface area contributed by atoms with Gasteiger partial charge in [0.15, 0.2) is 0 Å². The normalized spacial score (nSPS) is 23.9. The van der Waals surface area contributed by atoms with Crippen molar-refractivity contribution in [1.29, 1.82) is 0 Å². The Morgan fingerprint density at radius 2 is 1.83 bits per heavy atom. The van der Waals surface area contributed by atoms with Crippen LogP contribution in [-0.2, 0) is 6.42 Å². The molecule has 2 unspecified atom stereocenters. The Bertz CT molecular complexity index is 358. The fourth-order valence-electron chi connectivity index (χ4n) is 2.91. The summed E-state index contributed by atoms with van der Waals surface area (Å²) in [5.41, 5.74) is 8.94. The van der Waals surface area contributed by atoms with Crippen LogP contribution in [-0.4, -0.2) is 19.6 Å². The molecule has 2 heteroatoms. The molecule has 0 bridgehead atoms. The monoisotopic (exact) mass is 246 g/mol. The number of anilines is 1.